The van der Waals surface area contributed by atoms with E-state index in [1.54, 1.807) is 7.11 Å². The molecule has 33 heavy (non-hydrogen) atoms. The van der Waals surface area contributed by atoms with Crippen molar-refractivity contribution in [2.45, 2.75) is 31.9 Å². The van der Waals surface area contributed by atoms with Crippen LogP contribution in [-0.4, -0.2) is 41.3 Å². The standard InChI is InChI=1S/C28H32N2O2.ClH/c1-21(20-30-26-9-5-3-7-24(26)25-8-4-6-10-27(25)30)19-29-17-15-28(31,16-18-29)22-11-13-23(32-2)14-12-22;/h3-14,21,31H,15-20H2,1-2H3;1H/t21-;/m0./s1. The lowest BCUT2D eigenvalue weighted by molar-refractivity contribution is -0.0287. The molecule has 2 heterocycles. The smallest absolute Gasteiger partial charge is 0.118 e. The van der Waals surface area contributed by atoms with Crippen LogP contribution in [0.3, 0.4) is 0 Å². The van der Waals surface area contributed by atoms with Crippen LogP contribution in [0.5, 0.6) is 5.75 Å². The fourth-order valence-corrected chi connectivity index (χ4v) is 5.31. The van der Waals surface area contributed by atoms with Gasteiger partial charge in [-0.25, -0.2) is 0 Å². The third-order valence-electron chi connectivity index (χ3n) is 7.05. The number of benzene rings is 3. The number of ether oxygens (including phenoxy) is 1. The van der Waals surface area contributed by atoms with Crippen molar-refractivity contribution < 1.29 is 9.84 Å². The van der Waals surface area contributed by atoms with Crippen molar-refractivity contribution >= 4 is 34.2 Å². The van der Waals surface area contributed by atoms with Gasteiger partial charge in [-0.2, -0.15) is 0 Å². The van der Waals surface area contributed by atoms with Crippen molar-refractivity contribution in [3.8, 4) is 5.75 Å². The molecule has 174 valence electrons. The SMILES string of the molecule is COc1ccc(C2(O)CCN(C[C@H](C)Cn3c4ccccc4c4ccccc43)CC2)cc1.Cl. The lowest BCUT2D eigenvalue weighted by atomic mass is 9.84. The van der Waals surface area contributed by atoms with Gasteiger partial charge in [0.15, 0.2) is 0 Å². The Morgan fingerprint density at radius 3 is 1.94 bits per heavy atom. The van der Waals surface area contributed by atoms with Crippen LogP contribution in [0.1, 0.15) is 25.3 Å². The lowest BCUT2D eigenvalue weighted by Gasteiger charge is -2.39. The number of nitrogens with zero attached hydrogens (tertiary/aromatic N) is 2. The van der Waals surface area contributed by atoms with Gasteiger partial charge in [0.25, 0.3) is 0 Å². The zero-order valence-electron chi connectivity index (χ0n) is 19.4. The van der Waals surface area contributed by atoms with Gasteiger partial charge in [-0.3, -0.25) is 0 Å². The van der Waals surface area contributed by atoms with E-state index in [9.17, 15) is 5.11 Å². The third kappa shape index (κ3) is 4.61. The molecular weight excluding hydrogens is 432 g/mol. The first-order valence-electron chi connectivity index (χ1n) is 11.6. The van der Waals surface area contributed by atoms with Gasteiger partial charge in [-0.1, -0.05) is 55.5 Å². The summed E-state index contributed by atoms with van der Waals surface area (Å²) in [6, 6.07) is 25.3. The van der Waals surface area contributed by atoms with E-state index in [-0.39, 0.29) is 12.4 Å². The quantitative estimate of drug-likeness (QED) is 0.389. The number of likely N-dealkylation sites (tertiary alicyclic amines) is 1. The maximum atomic E-state index is 11.2. The van der Waals surface area contributed by atoms with Gasteiger partial charge < -0.3 is 19.3 Å². The summed E-state index contributed by atoms with van der Waals surface area (Å²) < 4.78 is 7.73. The second-order valence-electron chi connectivity index (χ2n) is 9.31. The van der Waals surface area contributed by atoms with Crippen molar-refractivity contribution in [1.82, 2.24) is 9.47 Å². The van der Waals surface area contributed by atoms with Crippen LogP contribution < -0.4 is 4.74 Å². The molecule has 4 aromatic rings. The molecule has 1 fully saturated rings. The number of aromatic nitrogens is 1. The van der Waals surface area contributed by atoms with E-state index in [4.69, 9.17) is 4.74 Å². The van der Waals surface area contributed by atoms with Crippen LogP contribution in [0.4, 0.5) is 0 Å². The Morgan fingerprint density at radius 1 is 0.848 bits per heavy atom. The number of piperidine rings is 1. The molecule has 5 heteroatoms. The number of fused-ring (bicyclic) bond motifs is 3. The second kappa shape index (κ2) is 9.76. The molecule has 0 amide bonds. The molecule has 0 spiro atoms. The maximum absolute atomic E-state index is 11.2. The number of para-hydroxylation sites is 2. The molecule has 1 N–H and O–H groups in total. The van der Waals surface area contributed by atoms with E-state index >= 15 is 0 Å². The molecule has 1 aliphatic rings. The summed E-state index contributed by atoms with van der Waals surface area (Å²) in [6.45, 7) is 6.21. The summed E-state index contributed by atoms with van der Waals surface area (Å²) in [5, 5.41) is 13.9. The van der Waals surface area contributed by atoms with Crippen LogP contribution in [0.15, 0.2) is 72.8 Å². The van der Waals surface area contributed by atoms with Crippen molar-refractivity contribution in [2.75, 3.05) is 26.7 Å². The number of methoxy groups -OCH3 is 1. The molecule has 0 aliphatic carbocycles. The Bertz CT molecular complexity index is 1160. The Morgan fingerprint density at radius 2 is 1.39 bits per heavy atom. The van der Waals surface area contributed by atoms with E-state index in [1.165, 1.54) is 21.8 Å². The highest BCUT2D eigenvalue weighted by Gasteiger charge is 2.34. The summed E-state index contributed by atoms with van der Waals surface area (Å²) in [4.78, 5) is 2.51. The molecular formula is C28H33ClN2O2. The molecule has 1 saturated heterocycles. The van der Waals surface area contributed by atoms with Gasteiger partial charge in [0.2, 0.25) is 0 Å². The zero-order valence-corrected chi connectivity index (χ0v) is 20.2. The number of hydrogen-bond acceptors (Lipinski definition) is 3. The third-order valence-corrected chi connectivity index (χ3v) is 7.05. The summed E-state index contributed by atoms with van der Waals surface area (Å²) in [7, 11) is 1.67. The lowest BCUT2D eigenvalue weighted by Crippen LogP contribution is -2.44. The molecule has 1 aliphatic heterocycles. The van der Waals surface area contributed by atoms with Crippen LogP contribution in [0.2, 0.25) is 0 Å². The minimum Gasteiger partial charge on any atom is -0.497 e. The van der Waals surface area contributed by atoms with Gasteiger partial charge >= 0.3 is 0 Å². The van der Waals surface area contributed by atoms with Crippen molar-refractivity contribution in [2.24, 2.45) is 5.92 Å². The molecule has 0 bridgehead atoms. The van der Waals surface area contributed by atoms with E-state index in [2.05, 4.69) is 64.9 Å². The monoisotopic (exact) mass is 464 g/mol. The van der Waals surface area contributed by atoms with E-state index in [0.717, 1.165) is 50.3 Å². The molecule has 1 aromatic heterocycles. The summed E-state index contributed by atoms with van der Waals surface area (Å²) in [5.74, 6) is 1.34. The number of rotatable bonds is 6. The van der Waals surface area contributed by atoms with E-state index < -0.39 is 5.60 Å². The largest absolute Gasteiger partial charge is 0.497 e. The maximum Gasteiger partial charge on any atom is 0.118 e. The Kier molecular flexibility index (Phi) is 6.99. The average molecular weight is 465 g/mol. The molecule has 3 aromatic carbocycles. The normalized spacial score (nSPS) is 17.1. The topological polar surface area (TPSA) is 37.6 Å². The number of halogens is 1. The van der Waals surface area contributed by atoms with Gasteiger partial charge in [0, 0.05) is 48.0 Å². The molecule has 1 atom stereocenters. The van der Waals surface area contributed by atoms with Crippen LogP contribution >= 0.6 is 12.4 Å². The predicted molar refractivity (Wildman–Crippen MR) is 138 cm³/mol. The van der Waals surface area contributed by atoms with Crippen LogP contribution in [0.25, 0.3) is 21.8 Å². The van der Waals surface area contributed by atoms with Gasteiger partial charge in [0.1, 0.15) is 5.75 Å². The first-order valence-corrected chi connectivity index (χ1v) is 11.6. The summed E-state index contributed by atoms with van der Waals surface area (Å²) >= 11 is 0. The first kappa shape index (κ1) is 23.6. The first-order chi connectivity index (χ1) is 15.6. The number of hydrogen-bond donors (Lipinski definition) is 1. The summed E-state index contributed by atoms with van der Waals surface area (Å²) in [6.07, 6.45) is 1.53. The fraction of sp³-hybridized carbons (Fsp3) is 0.357. The molecule has 5 rings (SSSR count). The summed E-state index contributed by atoms with van der Waals surface area (Å²) in [5.41, 5.74) is 2.89. The Hall–Kier alpha value is -2.53. The molecule has 0 radical (unpaired) electrons. The van der Waals surface area contributed by atoms with Crippen LogP contribution in [0, 0.1) is 5.92 Å². The predicted octanol–water partition coefficient (Wildman–Crippen LogP) is 5.84. The molecule has 0 unspecified atom stereocenters. The van der Waals surface area contributed by atoms with Crippen molar-refractivity contribution in [1.29, 1.82) is 0 Å². The average Bonchev–Trinajstić information content (AvgIpc) is 3.14. The van der Waals surface area contributed by atoms with Crippen molar-refractivity contribution in [3.63, 3.8) is 0 Å². The minimum absolute atomic E-state index is 0. The second-order valence-corrected chi connectivity index (χ2v) is 9.31. The van der Waals surface area contributed by atoms with E-state index in [1.807, 2.05) is 24.3 Å². The molecule has 4 nitrogen and oxygen atoms in total. The zero-order chi connectivity index (χ0) is 22.1. The number of aliphatic hydroxyl groups is 1. The van der Waals surface area contributed by atoms with Gasteiger partial charge in [0.05, 0.1) is 12.7 Å². The Balaban J connectivity index is 0.00000259. The molecule has 0 saturated carbocycles. The highest BCUT2D eigenvalue weighted by atomic mass is 35.5. The van der Waals surface area contributed by atoms with E-state index in [0.29, 0.717) is 5.92 Å². The van der Waals surface area contributed by atoms with Crippen molar-refractivity contribution in [3.05, 3.63) is 78.4 Å². The highest BCUT2D eigenvalue weighted by molar-refractivity contribution is 6.07. The van der Waals surface area contributed by atoms with Gasteiger partial charge in [-0.05, 0) is 48.6 Å². The Labute approximate surface area is 202 Å². The fourth-order valence-electron chi connectivity index (χ4n) is 5.31. The highest BCUT2D eigenvalue weighted by Crippen LogP contribution is 2.34. The minimum atomic E-state index is -0.737. The van der Waals surface area contributed by atoms with Crippen LogP contribution in [-0.2, 0) is 12.1 Å². The van der Waals surface area contributed by atoms with Gasteiger partial charge in [-0.15, -0.1) is 12.4 Å².